The molecule has 0 saturated heterocycles. The molecule has 5 aliphatic rings. The lowest BCUT2D eigenvalue weighted by Gasteiger charge is -2.58. The average Bonchev–Trinajstić information content (AvgIpc) is 3.42. The SMILES string of the molecule is C[C@]12CC[C@H]3[C@@H](CCC4=CC(=O)CC[C@@]43CO)[C@@H]1CC[C@@H]2C(=O)C1N=N1. The molecule has 5 nitrogen and oxygen atoms in total. The highest BCUT2D eigenvalue weighted by Gasteiger charge is 2.61. The second kappa shape index (κ2) is 5.57. The van der Waals surface area contributed by atoms with Gasteiger partial charge in [0.15, 0.2) is 11.6 Å². The van der Waals surface area contributed by atoms with Crippen molar-refractivity contribution in [3.05, 3.63) is 11.6 Å². The molecule has 0 aromatic heterocycles. The first-order valence-electron chi connectivity index (χ1n) is 10.3. The van der Waals surface area contributed by atoms with Crippen molar-refractivity contribution in [2.24, 2.45) is 44.7 Å². The molecule has 0 bridgehead atoms. The van der Waals surface area contributed by atoms with Crippen molar-refractivity contribution in [3.8, 4) is 0 Å². The molecule has 4 aliphatic carbocycles. The molecule has 1 N–H and O–H groups in total. The van der Waals surface area contributed by atoms with Crippen LogP contribution in [0.4, 0.5) is 0 Å². The van der Waals surface area contributed by atoms with Gasteiger partial charge in [-0.25, -0.2) is 0 Å². The number of fused-ring (bicyclic) bond motifs is 5. The van der Waals surface area contributed by atoms with Crippen LogP contribution in [0.15, 0.2) is 21.9 Å². The lowest BCUT2D eigenvalue weighted by molar-refractivity contribution is -0.131. The molecule has 6 atom stereocenters. The summed E-state index contributed by atoms with van der Waals surface area (Å²) in [5.74, 6) is 2.15. The molecular formula is C21H28N2O3. The van der Waals surface area contributed by atoms with Crippen LogP contribution < -0.4 is 0 Å². The molecule has 26 heavy (non-hydrogen) atoms. The monoisotopic (exact) mass is 356 g/mol. The normalized spacial score (nSPS) is 47.0. The first kappa shape index (κ1) is 16.8. The predicted octanol–water partition coefficient (Wildman–Crippen LogP) is 3.47. The highest BCUT2D eigenvalue weighted by atomic mass is 16.3. The second-order valence-electron chi connectivity index (χ2n) is 9.55. The van der Waals surface area contributed by atoms with Crippen molar-refractivity contribution in [1.29, 1.82) is 0 Å². The third-order valence-electron chi connectivity index (χ3n) is 8.80. The van der Waals surface area contributed by atoms with Crippen molar-refractivity contribution in [2.45, 2.75) is 64.5 Å². The number of rotatable bonds is 3. The summed E-state index contributed by atoms with van der Waals surface area (Å²) in [5.41, 5.74) is 1.10. The zero-order valence-electron chi connectivity index (χ0n) is 15.5. The van der Waals surface area contributed by atoms with Gasteiger partial charge < -0.3 is 5.11 Å². The fourth-order valence-electron chi connectivity index (χ4n) is 7.45. The summed E-state index contributed by atoms with van der Waals surface area (Å²) in [7, 11) is 0. The molecule has 140 valence electrons. The Bertz CT molecular complexity index is 723. The summed E-state index contributed by atoms with van der Waals surface area (Å²) < 4.78 is 0. The van der Waals surface area contributed by atoms with E-state index in [2.05, 4.69) is 17.2 Å². The Morgan fingerprint density at radius 1 is 1.15 bits per heavy atom. The molecule has 1 aliphatic heterocycles. The molecule has 3 fully saturated rings. The molecule has 0 radical (unpaired) electrons. The molecule has 0 aromatic carbocycles. The Hall–Kier alpha value is -1.36. The van der Waals surface area contributed by atoms with Crippen LogP contribution in [0.25, 0.3) is 0 Å². The number of hydrogen-bond donors (Lipinski definition) is 1. The molecular weight excluding hydrogens is 328 g/mol. The van der Waals surface area contributed by atoms with E-state index >= 15 is 0 Å². The number of Topliss-reactive ketones (excluding diaryl/α,β-unsaturated/α-hetero) is 1. The average molecular weight is 356 g/mol. The largest absolute Gasteiger partial charge is 0.395 e. The van der Waals surface area contributed by atoms with Crippen molar-refractivity contribution in [3.63, 3.8) is 0 Å². The molecule has 0 aromatic rings. The van der Waals surface area contributed by atoms with E-state index in [1.54, 1.807) is 0 Å². The predicted molar refractivity (Wildman–Crippen MR) is 95.3 cm³/mol. The topological polar surface area (TPSA) is 79.1 Å². The van der Waals surface area contributed by atoms with Crippen molar-refractivity contribution < 1.29 is 14.7 Å². The number of ketones is 2. The van der Waals surface area contributed by atoms with Gasteiger partial charge in [-0.3, -0.25) is 9.59 Å². The minimum Gasteiger partial charge on any atom is -0.395 e. The van der Waals surface area contributed by atoms with Crippen LogP contribution in [0.3, 0.4) is 0 Å². The second-order valence-corrected chi connectivity index (χ2v) is 9.55. The van der Waals surface area contributed by atoms with Crippen LogP contribution in [0, 0.1) is 34.5 Å². The Morgan fingerprint density at radius 3 is 2.69 bits per heavy atom. The minimum absolute atomic E-state index is 0.0637. The molecule has 0 amide bonds. The van der Waals surface area contributed by atoms with Gasteiger partial charge in [0.2, 0.25) is 6.17 Å². The van der Waals surface area contributed by atoms with Gasteiger partial charge in [0.05, 0.1) is 6.61 Å². The summed E-state index contributed by atoms with van der Waals surface area (Å²) in [6, 6.07) is 0. The van der Waals surface area contributed by atoms with Crippen molar-refractivity contribution >= 4 is 11.6 Å². The Morgan fingerprint density at radius 2 is 1.96 bits per heavy atom. The molecule has 5 heteroatoms. The van der Waals surface area contributed by atoms with Gasteiger partial charge >= 0.3 is 0 Å². The van der Waals surface area contributed by atoms with Gasteiger partial charge in [0, 0.05) is 17.8 Å². The summed E-state index contributed by atoms with van der Waals surface area (Å²) in [6.45, 7) is 2.49. The van der Waals surface area contributed by atoms with E-state index in [0.717, 1.165) is 44.9 Å². The Balaban J connectivity index is 1.46. The quantitative estimate of drug-likeness (QED) is 0.841. The van der Waals surface area contributed by atoms with E-state index < -0.39 is 0 Å². The number of hydrogen-bond acceptors (Lipinski definition) is 5. The zero-order chi connectivity index (χ0) is 18.1. The molecule has 0 unspecified atom stereocenters. The van der Waals surface area contributed by atoms with Crippen LogP contribution in [-0.2, 0) is 9.59 Å². The third kappa shape index (κ3) is 2.12. The number of carbonyl (C=O) groups excluding carboxylic acids is 2. The maximum Gasteiger partial charge on any atom is 0.238 e. The number of carbonyl (C=O) groups is 2. The van der Waals surface area contributed by atoms with Crippen molar-refractivity contribution in [2.75, 3.05) is 6.61 Å². The van der Waals surface area contributed by atoms with Gasteiger partial charge in [0.25, 0.3) is 0 Å². The standard InChI is InChI=1S/C21H28N2O3/c1-20-8-7-16-14(15(20)4-5-17(20)18(26)19-22-23-19)3-2-12-10-13(25)6-9-21(12,16)11-24/h10,14-17,19,24H,2-9,11H2,1H3/t14-,15-,16-,17+,20-,21+/m0/s1. The fraction of sp³-hybridized carbons (Fsp3) is 0.810. The van der Waals surface area contributed by atoms with Gasteiger partial charge in [-0.15, -0.1) is 0 Å². The summed E-state index contributed by atoms with van der Waals surface area (Å²) in [5, 5.41) is 18.2. The van der Waals surface area contributed by atoms with Crippen molar-refractivity contribution in [1.82, 2.24) is 0 Å². The number of nitrogens with zero attached hydrogens (tertiary/aromatic N) is 2. The van der Waals surface area contributed by atoms with Crippen LogP contribution in [0.2, 0.25) is 0 Å². The fourth-order valence-corrected chi connectivity index (χ4v) is 7.45. The summed E-state index contributed by atoms with van der Waals surface area (Å²) in [4.78, 5) is 24.7. The lowest BCUT2D eigenvalue weighted by atomic mass is 9.46. The zero-order valence-corrected chi connectivity index (χ0v) is 15.5. The smallest absolute Gasteiger partial charge is 0.238 e. The van der Waals surface area contributed by atoms with Gasteiger partial charge in [-0.1, -0.05) is 12.5 Å². The highest BCUT2D eigenvalue weighted by Crippen LogP contribution is 2.66. The third-order valence-corrected chi connectivity index (χ3v) is 8.80. The summed E-state index contributed by atoms with van der Waals surface area (Å²) >= 11 is 0. The maximum atomic E-state index is 12.7. The molecule has 3 saturated carbocycles. The van der Waals surface area contributed by atoms with Gasteiger partial charge in [-0.2, -0.15) is 10.2 Å². The summed E-state index contributed by atoms with van der Waals surface area (Å²) in [6.07, 6.45) is 9.08. The van der Waals surface area contributed by atoms with E-state index in [0.29, 0.717) is 24.2 Å². The van der Waals surface area contributed by atoms with Crippen LogP contribution in [0.5, 0.6) is 0 Å². The van der Waals surface area contributed by atoms with E-state index in [4.69, 9.17) is 0 Å². The first-order valence-corrected chi connectivity index (χ1v) is 10.3. The van der Waals surface area contributed by atoms with E-state index in [9.17, 15) is 14.7 Å². The number of aliphatic hydroxyl groups is 1. The lowest BCUT2D eigenvalue weighted by Crippen LogP contribution is -2.53. The Labute approximate surface area is 154 Å². The Kier molecular flexibility index (Phi) is 3.60. The van der Waals surface area contributed by atoms with E-state index in [-0.39, 0.29) is 41.1 Å². The van der Waals surface area contributed by atoms with Crippen LogP contribution in [0.1, 0.15) is 58.3 Å². The first-order chi connectivity index (χ1) is 12.5. The number of aliphatic hydroxyl groups excluding tert-OH is 1. The molecule has 0 spiro atoms. The molecule has 1 heterocycles. The van der Waals surface area contributed by atoms with Crippen LogP contribution >= 0.6 is 0 Å². The van der Waals surface area contributed by atoms with Crippen LogP contribution in [-0.4, -0.2) is 29.4 Å². The highest BCUT2D eigenvalue weighted by molar-refractivity contribution is 5.91. The van der Waals surface area contributed by atoms with E-state index in [1.165, 1.54) is 5.57 Å². The van der Waals surface area contributed by atoms with Gasteiger partial charge in [0.1, 0.15) is 0 Å². The minimum atomic E-state index is -0.373. The maximum absolute atomic E-state index is 12.7. The van der Waals surface area contributed by atoms with Gasteiger partial charge in [-0.05, 0) is 74.2 Å². The van der Waals surface area contributed by atoms with E-state index in [1.807, 2.05) is 6.08 Å². The molecule has 5 rings (SSSR count).